The van der Waals surface area contributed by atoms with Gasteiger partial charge in [0.25, 0.3) is 11.4 Å². The summed E-state index contributed by atoms with van der Waals surface area (Å²) in [7, 11) is -3.32. The zero-order valence-electron chi connectivity index (χ0n) is 12.4. The van der Waals surface area contributed by atoms with Gasteiger partial charge in [-0.2, -0.15) is 0 Å². The van der Waals surface area contributed by atoms with Gasteiger partial charge in [0.15, 0.2) is 0 Å². The number of nitro benzene ring substituents is 2. The third kappa shape index (κ3) is 3.93. The fraction of sp³-hybridized carbons (Fsp3) is 0.500. The van der Waals surface area contributed by atoms with Crippen LogP contribution in [-0.4, -0.2) is 55.0 Å². The number of non-ortho nitro benzene ring substituents is 1. The van der Waals surface area contributed by atoms with Crippen LogP contribution in [0.15, 0.2) is 18.2 Å². The first-order valence-corrected chi connectivity index (χ1v) is 8.68. The number of anilines is 1. The Labute approximate surface area is 132 Å². The molecular formula is C12H16N4O6S. The van der Waals surface area contributed by atoms with E-state index in [0.717, 1.165) is 12.3 Å². The van der Waals surface area contributed by atoms with Crippen molar-refractivity contribution in [1.29, 1.82) is 0 Å². The molecule has 1 aromatic rings. The van der Waals surface area contributed by atoms with E-state index in [4.69, 9.17) is 0 Å². The highest BCUT2D eigenvalue weighted by Crippen LogP contribution is 2.32. The molecule has 0 aromatic heterocycles. The third-order valence-corrected chi connectivity index (χ3v) is 4.93. The fourth-order valence-corrected chi connectivity index (χ4v) is 3.38. The maximum atomic E-state index is 11.6. The van der Waals surface area contributed by atoms with Crippen molar-refractivity contribution in [3.63, 3.8) is 0 Å². The lowest BCUT2D eigenvalue weighted by molar-refractivity contribution is -0.393. The normalized spacial score (nSPS) is 16.8. The molecule has 1 aliphatic heterocycles. The average Bonchev–Trinajstić information content (AvgIpc) is 2.72. The highest BCUT2D eigenvalue weighted by molar-refractivity contribution is 7.88. The summed E-state index contributed by atoms with van der Waals surface area (Å²) in [5.74, 6) is 0. The van der Waals surface area contributed by atoms with Crippen LogP contribution in [0.3, 0.4) is 0 Å². The second kappa shape index (κ2) is 6.46. The van der Waals surface area contributed by atoms with Gasteiger partial charge in [-0.05, 0) is 12.5 Å². The number of hydrogen-bond acceptors (Lipinski definition) is 7. The van der Waals surface area contributed by atoms with Gasteiger partial charge >= 0.3 is 0 Å². The average molecular weight is 344 g/mol. The molecule has 2 rings (SSSR count). The van der Waals surface area contributed by atoms with E-state index in [0.29, 0.717) is 19.5 Å². The molecule has 0 radical (unpaired) electrons. The van der Waals surface area contributed by atoms with Gasteiger partial charge in [0.05, 0.1) is 22.2 Å². The number of nitro groups is 2. The van der Waals surface area contributed by atoms with E-state index in [1.165, 1.54) is 16.4 Å². The standard InChI is InChI=1S/C12H16N4O6S/c1-23(21,22)14-6-2-5-13(7-8-14)11-4-3-10(15(17)18)9-12(11)16(19)20/h3-4,9H,2,5-8H2,1H3. The third-order valence-electron chi connectivity index (χ3n) is 3.63. The maximum absolute atomic E-state index is 11.6. The predicted molar refractivity (Wildman–Crippen MR) is 83.0 cm³/mol. The Morgan fingerprint density at radius 3 is 2.30 bits per heavy atom. The summed E-state index contributed by atoms with van der Waals surface area (Å²) in [6.45, 7) is 1.28. The summed E-state index contributed by atoms with van der Waals surface area (Å²) in [6.07, 6.45) is 1.64. The lowest BCUT2D eigenvalue weighted by Crippen LogP contribution is -2.34. The van der Waals surface area contributed by atoms with Gasteiger partial charge in [0.1, 0.15) is 5.69 Å². The zero-order chi connectivity index (χ0) is 17.2. The number of benzene rings is 1. The second-order valence-corrected chi connectivity index (χ2v) is 7.17. The Kier molecular flexibility index (Phi) is 4.80. The van der Waals surface area contributed by atoms with E-state index >= 15 is 0 Å². The van der Waals surface area contributed by atoms with Crippen molar-refractivity contribution in [1.82, 2.24) is 4.31 Å². The van der Waals surface area contributed by atoms with Crippen molar-refractivity contribution >= 4 is 27.1 Å². The van der Waals surface area contributed by atoms with Gasteiger partial charge in [0, 0.05) is 32.2 Å². The van der Waals surface area contributed by atoms with Crippen LogP contribution in [0.25, 0.3) is 0 Å². The zero-order valence-corrected chi connectivity index (χ0v) is 13.2. The minimum Gasteiger partial charge on any atom is -0.365 e. The summed E-state index contributed by atoms with van der Waals surface area (Å²) in [4.78, 5) is 22.3. The molecule has 1 aromatic carbocycles. The maximum Gasteiger partial charge on any atom is 0.299 e. The van der Waals surface area contributed by atoms with Crippen LogP contribution in [0.4, 0.5) is 17.1 Å². The molecule has 0 saturated carbocycles. The van der Waals surface area contributed by atoms with E-state index in [-0.39, 0.29) is 30.2 Å². The summed E-state index contributed by atoms with van der Waals surface area (Å²) in [5.41, 5.74) is -0.448. The molecule has 0 unspecified atom stereocenters. The number of rotatable bonds is 4. The molecule has 126 valence electrons. The predicted octanol–water partition coefficient (Wildman–Crippen LogP) is 0.975. The molecule has 0 amide bonds. The first kappa shape index (κ1) is 17.1. The molecule has 0 spiro atoms. The van der Waals surface area contributed by atoms with Gasteiger partial charge in [-0.1, -0.05) is 0 Å². The molecule has 11 heteroatoms. The van der Waals surface area contributed by atoms with E-state index in [2.05, 4.69) is 0 Å². The van der Waals surface area contributed by atoms with Crippen molar-refractivity contribution in [2.45, 2.75) is 6.42 Å². The lowest BCUT2D eigenvalue weighted by atomic mass is 10.2. The largest absolute Gasteiger partial charge is 0.365 e. The SMILES string of the molecule is CS(=O)(=O)N1CCCN(c2ccc([N+](=O)[O-])cc2[N+](=O)[O-])CC1. The fourth-order valence-electron chi connectivity index (χ4n) is 2.51. The molecule has 0 bridgehead atoms. The van der Waals surface area contributed by atoms with Crippen molar-refractivity contribution in [3.8, 4) is 0 Å². The number of nitrogens with zero attached hydrogens (tertiary/aromatic N) is 4. The van der Waals surface area contributed by atoms with Crippen LogP contribution < -0.4 is 4.90 Å². The van der Waals surface area contributed by atoms with Crippen LogP contribution in [-0.2, 0) is 10.0 Å². The number of hydrogen-bond donors (Lipinski definition) is 0. The van der Waals surface area contributed by atoms with E-state index < -0.39 is 19.9 Å². The van der Waals surface area contributed by atoms with Gasteiger partial charge in [-0.15, -0.1) is 0 Å². The molecule has 0 N–H and O–H groups in total. The molecule has 1 saturated heterocycles. The molecule has 0 aliphatic carbocycles. The molecule has 10 nitrogen and oxygen atoms in total. The van der Waals surface area contributed by atoms with Crippen LogP contribution in [0.5, 0.6) is 0 Å². The van der Waals surface area contributed by atoms with Gasteiger partial charge in [-0.3, -0.25) is 20.2 Å². The van der Waals surface area contributed by atoms with Crippen LogP contribution in [0.2, 0.25) is 0 Å². The highest BCUT2D eigenvalue weighted by Gasteiger charge is 2.27. The van der Waals surface area contributed by atoms with Crippen molar-refractivity contribution in [3.05, 3.63) is 38.4 Å². The van der Waals surface area contributed by atoms with Gasteiger partial charge < -0.3 is 4.90 Å². The highest BCUT2D eigenvalue weighted by atomic mass is 32.2. The summed E-state index contributed by atoms with van der Waals surface area (Å²) in [6, 6.07) is 3.47. The van der Waals surface area contributed by atoms with Crippen molar-refractivity contribution < 1.29 is 18.3 Å². The Bertz CT molecular complexity index is 735. The molecule has 1 aliphatic rings. The quantitative estimate of drug-likeness (QED) is 0.588. The first-order chi connectivity index (χ1) is 10.7. The van der Waals surface area contributed by atoms with Crippen LogP contribution in [0, 0.1) is 20.2 Å². The summed E-state index contributed by atoms with van der Waals surface area (Å²) >= 11 is 0. The van der Waals surface area contributed by atoms with Crippen molar-refractivity contribution in [2.24, 2.45) is 0 Å². The Balaban J connectivity index is 2.31. The molecule has 1 fully saturated rings. The van der Waals surface area contributed by atoms with E-state index in [1.54, 1.807) is 4.90 Å². The summed E-state index contributed by atoms with van der Waals surface area (Å²) < 4.78 is 24.5. The Morgan fingerprint density at radius 1 is 1.04 bits per heavy atom. The van der Waals surface area contributed by atoms with Crippen molar-refractivity contribution in [2.75, 3.05) is 37.3 Å². The summed E-state index contributed by atoms with van der Waals surface area (Å²) in [5, 5.41) is 22.0. The Hall–Kier alpha value is -2.27. The minimum atomic E-state index is -3.32. The monoisotopic (exact) mass is 344 g/mol. The van der Waals surface area contributed by atoms with E-state index in [9.17, 15) is 28.6 Å². The molecule has 23 heavy (non-hydrogen) atoms. The molecular weight excluding hydrogens is 328 g/mol. The van der Waals surface area contributed by atoms with Crippen LogP contribution >= 0.6 is 0 Å². The molecule has 0 atom stereocenters. The second-order valence-electron chi connectivity index (χ2n) is 5.19. The smallest absolute Gasteiger partial charge is 0.299 e. The number of sulfonamides is 1. The van der Waals surface area contributed by atoms with E-state index in [1.807, 2.05) is 0 Å². The van der Waals surface area contributed by atoms with Gasteiger partial charge in [0.2, 0.25) is 10.0 Å². The topological polar surface area (TPSA) is 127 Å². The lowest BCUT2D eigenvalue weighted by Gasteiger charge is -2.22. The Morgan fingerprint density at radius 2 is 1.74 bits per heavy atom. The first-order valence-electron chi connectivity index (χ1n) is 6.83. The molecule has 1 heterocycles. The minimum absolute atomic E-state index is 0.215. The van der Waals surface area contributed by atoms with Gasteiger partial charge in [-0.25, -0.2) is 12.7 Å². The van der Waals surface area contributed by atoms with Crippen LogP contribution in [0.1, 0.15) is 6.42 Å².